The van der Waals surface area contributed by atoms with Gasteiger partial charge < -0.3 is 14.5 Å². The fourth-order valence-electron chi connectivity index (χ4n) is 3.94. The monoisotopic (exact) mass is 670 g/mol. The number of amides is 2. The summed E-state index contributed by atoms with van der Waals surface area (Å²) < 4.78 is 39.1. The van der Waals surface area contributed by atoms with Gasteiger partial charge in [0.15, 0.2) is 0 Å². The second-order valence-electron chi connectivity index (χ2n) is 9.58. The van der Waals surface area contributed by atoms with E-state index in [-0.39, 0.29) is 41.8 Å². The number of furan rings is 1. The van der Waals surface area contributed by atoms with E-state index in [2.05, 4.69) is 15.8 Å². The smallest absolute Gasteiger partial charge is 0.338 e. The lowest BCUT2D eigenvalue weighted by Gasteiger charge is -2.22. The van der Waals surface area contributed by atoms with Crippen LogP contribution >= 0.6 is 23.2 Å². The van der Waals surface area contributed by atoms with E-state index >= 15 is 0 Å². The van der Waals surface area contributed by atoms with Crippen LogP contribution in [0.15, 0.2) is 93.3 Å². The number of hydrazone groups is 1. The van der Waals surface area contributed by atoms with Crippen molar-refractivity contribution in [3.05, 3.63) is 117 Å². The lowest BCUT2D eigenvalue weighted by atomic mass is 10.2. The van der Waals surface area contributed by atoms with Crippen LogP contribution in [0.1, 0.15) is 39.9 Å². The molecule has 234 valence electrons. The van der Waals surface area contributed by atoms with Gasteiger partial charge in [0.25, 0.3) is 0 Å². The fourth-order valence-corrected chi connectivity index (χ4v) is 5.80. The van der Waals surface area contributed by atoms with E-state index in [0.29, 0.717) is 21.2 Å². The third-order valence-corrected chi connectivity index (χ3v) is 8.65. The predicted molar refractivity (Wildman–Crippen MR) is 170 cm³/mol. The Morgan fingerprint density at radius 1 is 0.933 bits per heavy atom. The van der Waals surface area contributed by atoms with Crippen LogP contribution in [0.25, 0.3) is 0 Å². The zero-order valence-corrected chi connectivity index (χ0v) is 26.4. The summed E-state index contributed by atoms with van der Waals surface area (Å²) in [6.07, 6.45) is 1.16. The zero-order valence-electron chi connectivity index (χ0n) is 24.1. The summed E-state index contributed by atoms with van der Waals surface area (Å²) in [6, 6.07) is 20.2. The number of hydrogen-bond donors (Lipinski definition) is 2. The van der Waals surface area contributed by atoms with E-state index in [9.17, 15) is 22.8 Å². The second-order valence-corrected chi connectivity index (χ2v) is 12.4. The van der Waals surface area contributed by atoms with E-state index in [4.69, 9.17) is 32.4 Å². The van der Waals surface area contributed by atoms with Crippen LogP contribution in [0.2, 0.25) is 10.0 Å². The first-order valence-corrected chi connectivity index (χ1v) is 15.7. The molecule has 4 aromatic rings. The molecule has 0 atom stereocenters. The van der Waals surface area contributed by atoms with Gasteiger partial charge in [0, 0.05) is 22.3 Å². The molecule has 0 aliphatic heterocycles. The summed E-state index contributed by atoms with van der Waals surface area (Å²) in [5.74, 6) is -2.07. The van der Waals surface area contributed by atoms with Crippen molar-refractivity contribution < 1.29 is 32.0 Å². The summed E-state index contributed by atoms with van der Waals surface area (Å²) in [6.45, 7) is 3.56. The maximum Gasteiger partial charge on any atom is 0.338 e. The highest BCUT2D eigenvalue weighted by molar-refractivity contribution is 7.89. The normalized spacial score (nSPS) is 11.5. The van der Waals surface area contributed by atoms with Gasteiger partial charge in [0.2, 0.25) is 10.0 Å². The molecule has 0 bridgehead atoms. The first kappa shape index (κ1) is 33.4. The number of hydrogen-bond acceptors (Lipinski definition) is 8. The minimum atomic E-state index is -3.98. The molecule has 14 heteroatoms. The Kier molecular flexibility index (Phi) is 11.1. The standard InChI is InChI=1S/C31H28Cl2N4O7S/c1-3-43-31(40)21-7-10-24(11-8-21)35-29(38)30(39)36-34-17-25-12-13-26(44-25)19-37(18-22-6-9-23(32)16-28(22)33)45(41,42)27-14-4-20(2)5-15-27/h4-17H,3,18-19H2,1-2H3,(H,35,38)(H,36,39)/b34-17+. The Balaban J connectivity index is 1.41. The van der Waals surface area contributed by atoms with Gasteiger partial charge >= 0.3 is 17.8 Å². The number of carbonyl (C=O) groups excluding carboxylic acids is 3. The molecule has 3 aromatic carbocycles. The number of nitrogens with one attached hydrogen (secondary N) is 2. The quantitative estimate of drug-likeness (QED) is 0.0920. The maximum absolute atomic E-state index is 13.6. The molecule has 0 saturated heterocycles. The lowest BCUT2D eigenvalue weighted by molar-refractivity contribution is -0.136. The Hall–Kier alpha value is -4.49. The van der Waals surface area contributed by atoms with Crippen LogP contribution in [0.4, 0.5) is 5.69 Å². The van der Waals surface area contributed by atoms with Crippen molar-refractivity contribution in [3.63, 3.8) is 0 Å². The lowest BCUT2D eigenvalue weighted by Crippen LogP contribution is -2.32. The summed E-state index contributed by atoms with van der Waals surface area (Å²) in [4.78, 5) is 36.3. The number of anilines is 1. The summed E-state index contributed by atoms with van der Waals surface area (Å²) in [5.41, 5.74) is 4.13. The van der Waals surface area contributed by atoms with Gasteiger partial charge in [-0.25, -0.2) is 18.6 Å². The number of nitrogens with zero attached hydrogens (tertiary/aromatic N) is 2. The molecule has 0 saturated carbocycles. The Morgan fingerprint density at radius 2 is 1.64 bits per heavy atom. The van der Waals surface area contributed by atoms with Gasteiger partial charge in [-0.1, -0.05) is 47.0 Å². The summed E-state index contributed by atoms with van der Waals surface area (Å²) >= 11 is 12.4. The van der Waals surface area contributed by atoms with E-state index in [1.54, 1.807) is 37.3 Å². The number of aryl methyl sites for hydroxylation is 1. The van der Waals surface area contributed by atoms with Crippen LogP contribution in [-0.2, 0) is 37.4 Å². The van der Waals surface area contributed by atoms with Crippen molar-refractivity contribution in [3.8, 4) is 0 Å². The molecule has 2 N–H and O–H groups in total. The molecule has 0 fully saturated rings. The fraction of sp³-hybridized carbons (Fsp3) is 0.161. The van der Waals surface area contributed by atoms with Crippen molar-refractivity contribution in [1.29, 1.82) is 0 Å². The summed E-state index contributed by atoms with van der Waals surface area (Å²) in [5, 5.41) is 6.87. The first-order valence-electron chi connectivity index (χ1n) is 13.5. The molecule has 1 heterocycles. The van der Waals surface area contributed by atoms with Crippen molar-refractivity contribution in [2.75, 3.05) is 11.9 Å². The Morgan fingerprint density at radius 3 is 2.31 bits per heavy atom. The Labute approximate surface area is 269 Å². The van der Waals surface area contributed by atoms with Crippen LogP contribution in [0.5, 0.6) is 0 Å². The van der Waals surface area contributed by atoms with Gasteiger partial charge in [-0.3, -0.25) is 9.59 Å². The molecule has 0 aliphatic carbocycles. The van der Waals surface area contributed by atoms with E-state index in [0.717, 1.165) is 11.8 Å². The molecule has 0 aliphatic rings. The third-order valence-electron chi connectivity index (χ3n) is 6.25. The van der Waals surface area contributed by atoms with Crippen molar-refractivity contribution in [1.82, 2.24) is 9.73 Å². The van der Waals surface area contributed by atoms with Gasteiger partial charge in [0.1, 0.15) is 11.5 Å². The topological polar surface area (TPSA) is 147 Å². The minimum Gasteiger partial charge on any atom is -0.462 e. The number of ether oxygens (including phenoxy) is 1. The highest BCUT2D eigenvalue weighted by atomic mass is 35.5. The molecular weight excluding hydrogens is 643 g/mol. The molecule has 11 nitrogen and oxygen atoms in total. The largest absolute Gasteiger partial charge is 0.462 e. The molecule has 0 unspecified atom stereocenters. The van der Waals surface area contributed by atoms with Crippen LogP contribution in [-0.4, -0.2) is 43.3 Å². The van der Waals surface area contributed by atoms with Crippen molar-refractivity contribution in [2.24, 2.45) is 5.10 Å². The average Bonchev–Trinajstić information content (AvgIpc) is 3.45. The number of sulfonamides is 1. The number of carbonyl (C=O) groups is 3. The predicted octanol–water partition coefficient (Wildman–Crippen LogP) is 5.55. The first-order chi connectivity index (χ1) is 21.5. The van der Waals surface area contributed by atoms with E-state index < -0.39 is 27.8 Å². The Bertz CT molecular complexity index is 1820. The molecule has 1 aromatic heterocycles. The molecule has 45 heavy (non-hydrogen) atoms. The number of halogens is 2. The number of rotatable bonds is 11. The second kappa shape index (κ2) is 15.0. The minimum absolute atomic E-state index is 0.0624. The molecule has 0 spiro atoms. The maximum atomic E-state index is 13.6. The third kappa shape index (κ3) is 9.02. The van der Waals surface area contributed by atoms with Crippen LogP contribution in [0.3, 0.4) is 0 Å². The van der Waals surface area contributed by atoms with Crippen molar-refractivity contribution in [2.45, 2.75) is 31.8 Å². The highest BCUT2D eigenvalue weighted by Gasteiger charge is 2.27. The average molecular weight is 672 g/mol. The van der Waals surface area contributed by atoms with Gasteiger partial charge in [-0.15, -0.1) is 0 Å². The van der Waals surface area contributed by atoms with Crippen LogP contribution < -0.4 is 10.7 Å². The molecule has 2 amide bonds. The van der Waals surface area contributed by atoms with Gasteiger partial charge in [-0.05, 0) is 80.1 Å². The molecule has 4 rings (SSSR count). The molecule has 0 radical (unpaired) electrons. The van der Waals surface area contributed by atoms with E-state index in [1.165, 1.54) is 52.8 Å². The zero-order chi connectivity index (χ0) is 32.6. The van der Waals surface area contributed by atoms with Gasteiger partial charge in [-0.2, -0.15) is 9.41 Å². The molecular formula is C31H28Cl2N4O7S. The SMILES string of the molecule is CCOC(=O)c1ccc(NC(=O)C(=O)N/N=C/c2ccc(CN(Cc3ccc(Cl)cc3Cl)S(=O)(=O)c3ccc(C)cc3)o2)cc1. The number of benzene rings is 3. The van der Waals surface area contributed by atoms with Gasteiger partial charge in [0.05, 0.1) is 29.8 Å². The van der Waals surface area contributed by atoms with E-state index in [1.807, 2.05) is 6.92 Å². The summed E-state index contributed by atoms with van der Waals surface area (Å²) in [7, 11) is -3.98. The highest BCUT2D eigenvalue weighted by Crippen LogP contribution is 2.27. The van der Waals surface area contributed by atoms with Crippen LogP contribution in [0, 0.1) is 6.92 Å². The van der Waals surface area contributed by atoms with Crippen molar-refractivity contribution >= 4 is 62.9 Å². The number of esters is 1.